The summed E-state index contributed by atoms with van der Waals surface area (Å²) in [6, 6.07) is 9.74. The Bertz CT molecular complexity index is 1040. The Morgan fingerprint density at radius 2 is 1.83 bits per heavy atom. The van der Waals surface area contributed by atoms with Gasteiger partial charge in [0.25, 0.3) is 0 Å². The molecule has 0 spiro atoms. The Morgan fingerprint density at radius 3 is 2.58 bits per heavy atom. The number of hydrogen-bond donors (Lipinski definition) is 2. The van der Waals surface area contributed by atoms with Crippen molar-refractivity contribution in [3.8, 4) is 6.07 Å². The van der Waals surface area contributed by atoms with Gasteiger partial charge in [-0.15, -0.1) is 0 Å². The molecule has 0 amide bonds. The van der Waals surface area contributed by atoms with Crippen LogP contribution in [-0.4, -0.2) is 15.8 Å². The SMILES string of the molecule is CC[C@]1(O)CC[C@@]2(C)C(=CC[C@@H]3C2CC[C@]2(C)[C@@H]([C@H](C)CCC(O)c4ccccc4C#N)CC[C@@H]32)C1. The highest BCUT2D eigenvalue weighted by molar-refractivity contribution is 5.38. The van der Waals surface area contributed by atoms with Crippen LogP contribution < -0.4 is 0 Å². The summed E-state index contributed by atoms with van der Waals surface area (Å²) < 4.78 is 0. The lowest BCUT2D eigenvalue weighted by molar-refractivity contribution is -0.0757. The second-order valence-corrected chi connectivity index (χ2v) is 13.5. The number of rotatable bonds is 6. The minimum absolute atomic E-state index is 0.285. The van der Waals surface area contributed by atoms with Crippen molar-refractivity contribution in [2.45, 2.75) is 110 Å². The Morgan fingerprint density at radius 1 is 1.06 bits per heavy atom. The first-order valence-corrected chi connectivity index (χ1v) is 14.7. The molecule has 1 aromatic rings. The van der Waals surface area contributed by atoms with E-state index in [1.165, 1.54) is 32.1 Å². The lowest BCUT2D eigenvalue weighted by atomic mass is 9.46. The van der Waals surface area contributed by atoms with E-state index in [2.05, 4.69) is 39.8 Å². The summed E-state index contributed by atoms with van der Waals surface area (Å²) >= 11 is 0. The smallest absolute Gasteiger partial charge is 0.0995 e. The number of fused-ring (bicyclic) bond motifs is 5. The number of hydrogen-bond acceptors (Lipinski definition) is 3. The first-order valence-electron chi connectivity index (χ1n) is 14.7. The van der Waals surface area contributed by atoms with E-state index in [0.29, 0.717) is 16.9 Å². The van der Waals surface area contributed by atoms with Crippen molar-refractivity contribution < 1.29 is 10.2 Å². The number of allylic oxidation sites excluding steroid dienone is 1. The Balaban J connectivity index is 1.28. The fourth-order valence-corrected chi connectivity index (χ4v) is 9.66. The molecule has 2 unspecified atom stereocenters. The maximum absolute atomic E-state index is 11.0. The molecule has 3 nitrogen and oxygen atoms in total. The third-order valence-corrected chi connectivity index (χ3v) is 12.0. The predicted molar refractivity (Wildman–Crippen MR) is 145 cm³/mol. The molecule has 0 bridgehead atoms. The van der Waals surface area contributed by atoms with Gasteiger partial charge in [-0.25, -0.2) is 0 Å². The molecule has 0 saturated heterocycles. The molecule has 196 valence electrons. The van der Waals surface area contributed by atoms with Crippen LogP contribution in [0, 0.1) is 51.8 Å². The van der Waals surface area contributed by atoms with E-state index in [4.69, 9.17) is 0 Å². The first kappa shape index (κ1) is 26.0. The van der Waals surface area contributed by atoms with Crippen molar-refractivity contribution in [1.82, 2.24) is 0 Å². The molecule has 5 rings (SSSR count). The summed E-state index contributed by atoms with van der Waals surface area (Å²) in [6.07, 6.45) is 14.2. The molecule has 0 aromatic heterocycles. The lowest BCUT2D eigenvalue weighted by Gasteiger charge is -2.59. The van der Waals surface area contributed by atoms with Crippen molar-refractivity contribution in [3.05, 3.63) is 47.0 Å². The zero-order valence-corrected chi connectivity index (χ0v) is 23.0. The highest BCUT2D eigenvalue weighted by Crippen LogP contribution is 2.67. The van der Waals surface area contributed by atoms with Gasteiger partial charge in [0.05, 0.1) is 23.3 Å². The van der Waals surface area contributed by atoms with Gasteiger partial charge in [0, 0.05) is 0 Å². The standard InChI is InChI=1S/C33H47NO2/c1-5-33(36)19-18-31(3)24(20-33)11-12-26-28-14-13-27(32(28,4)17-16-29(26)31)22(2)10-15-30(35)25-9-7-6-8-23(25)21-34/h6-9,11,22,26-30,35-36H,5,10,12-20H2,1-4H3/t22-,26+,27-,28+,29?,30?,31+,32-,33+/m1/s1. The second-order valence-electron chi connectivity index (χ2n) is 13.5. The van der Waals surface area contributed by atoms with Crippen molar-refractivity contribution in [1.29, 1.82) is 5.26 Å². The number of benzene rings is 1. The summed E-state index contributed by atoms with van der Waals surface area (Å²) in [5.41, 5.74) is 3.15. The van der Waals surface area contributed by atoms with E-state index in [0.717, 1.165) is 67.8 Å². The summed E-state index contributed by atoms with van der Waals surface area (Å²) in [5, 5.41) is 31.4. The summed E-state index contributed by atoms with van der Waals surface area (Å²) in [6.45, 7) is 9.69. The normalized spacial score (nSPS) is 41.3. The summed E-state index contributed by atoms with van der Waals surface area (Å²) in [4.78, 5) is 0. The molecule has 0 heterocycles. The van der Waals surface area contributed by atoms with Gasteiger partial charge >= 0.3 is 0 Å². The molecule has 4 aliphatic rings. The highest BCUT2D eigenvalue weighted by Gasteiger charge is 2.59. The fraction of sp³-hybridized carbons (Fsp3) is 0.727. The molecule has 36 heavy (non-hydrogen) atoms. The average Bonchev–Trinajstić information content (AvgIpc) is 3.25. The van der Waals surface area contributed by atoms with Gasteiger partial charge in [0.2, 0.25) is 0 Å². The zero-order chi connectivity index (χ0) is 25.7. The van der Waals surface area contributed by atoms with Crippen molar-refractivity contribution in [2.24, 2.45) is 40.4 Å². The molecule has 3 fully saturated rings. The van der Waals surface area contributed by atoms with Gasteiger partial charge in [0.15, 0.2) is 0 Å². The first-order chi connectivity index (χ1) is 17.1. The number of aliphatic hydroxyl groups is 2. The van der Waals surface area contributed by atoms with Crippen LogP contribution >= 0.6 is 0 Å². The van der Waals surface area contributed by atoms with Gasteiger partial charge in [-0.3, -0.25) is 0 Å². The quantitative estimate of drug-likeness (QED) is 0.402. The Hall–Kier alpha value is -1.63. The van der Waals surface area contributed by atoms with Crippen molar-refractivity contribution in [3.63, 3.8) is 0 Å². The largest absolute Gasteiger partial charge is 0.390 e. The van der Waals surface area contributed by atoms with Crippen LogP contribution in [-0.2, 0) is 0 Å². The highest BCUT2D eigenvalue weighted by atomic mass is 16.3. The molecular weight excluding hydrogens is 442 g/mol. The minimum atomic E-state index is -0.557. The van der Waals surface area contributed by atoms with Gasteiger partial charge < -0.3 is 10.2 Å². The Labute approximate surface area is 219 Å². The van der Waals surface area contributed by atoms with Gasteiger partial charge in [0.1, 0.15) is 0 Å². The lowest BCUT2D eigenvalue weighted by Crippen LogP contribution is -2.52. The van der Waals surface area contributed by atoms with Crippen LogP contribution in [0.1, 0.15) is 116 Å². The number of aliphatic hydroxyl groups excluding tert-OH is 1. The molecule has 3 saturated carbocycles. The van der Waals surface area contributed by atoms with Crippen LogP contribution in [0.3, 0.4) is 0 Å². The number of nitrogens with zero attached hydrogens (tertiary/aromatic N) is 1. The monoisotopic (exact) mass is 489 g/mol. The van der Waals surface area contributed by atoms with E-state index in [9.17, 15) is 15.5 Å². The summed E-state index contributed by atoms with van der Waals surface area (Å²) in [5.74, 6) is 3.66. The Kier molecular flexibility index (Phi) is 6.93. The summed E-state index contributed by atoms with van der Waals surface area (Å²) in [7, 11) is 0. The van der Waals surface area contributed by atoms with E-state index in [-0.39, 0.29) is 5.41 Å². The minimum Gasteiger partial charge on any atom is -0.390 e. The maximum Gasteiger partial charge on any atom is 0.0995 e. The zero-order valence-electron chi connectivity index (χ0n) is 23.0. The van der Waals surface area contributed by atoms with Crippen molar-refractivity contribution in [2.75, 3.05) is 0 Å². The second kappa shape index (κ2) is 9.59. The van der Waals surface area contributed by atoms with E-state index in [1.807, 2.05) is 24.3 Å². The number of nitriles is 1. The van der Waals surface area contributed by atoms with Gasteiger partial charge in [-0.2, -0.15) is 5.26 Å². The van der Waals surface area contributed by atoms with Crippen LogP contribution in [0.4, 0.5) is 0 Å². The fourth-order valence-electron chi connectivity index (χ4n) is 9.66. The molecule has 3 heteroatoms. The maximum atomic E-state index is 11.0. The van der Waals surface area contributed by atoms with Gasteiger partial charge in [-0.05, 0) is 123 Å². The van der Waals surface area contributed by atoms with E-state index >= 15 is 0 Å². The van der Waals surface area contributed by atoms with E-state index < -0.39 is 11.7 Å². The molecule has 1 aromatic carbocycles. The van der Waals surface area contributed by atoms with Crippen LogP contribution in [0.15, 0.2) is 35.9 Å². The molecule has 4 aliphatic carbocycles. The van der Waals surface area contributed by atoms with Gasteiger partial charge in [-0.1, -0.05) is 57.5 Å². The van der Waals surface area contributed by atoms with Crippen LogP contribution in [0.2, 0.25) is 0 Å². The van der Waals surface area contributed by atoms with Crippen LogP contribution in [0.5, 0.6) is 0 Å². The topological polar surface area (TPSA) is 64.2 Å². The molecule has 0 radical (unpaired) electrons. The molecular formula is C33H47NO2. The predicted octanol–water partition coefficient (Wildman–Crippen LogP) is 7.73. The van der Waals surface area contributed by atoms with E-state index in [1.54, 1.807) is 5.57 Å². The third kappa shape index (κ3) is 4.17. The molecule has 9 atom stereocenters. The average molecular weight is 490 g/mol. The molecule has 0 aliphatic heterocycles. The molecule has 2 N–H and O–H groups in total. The third-order valence-electron chi connectivity index (χ3n) is 12.0. The van der Waals surface area contributed by atoms with Crippen molar-refractivity contribution >= 4 is 0 Å². The van der Waals surface area contributed by atoms with Crippen LogP contribution in [0.25, 0.3) is 0 Å².